The zero-order valence-corrected chi connectivity index (χ0v) is 16.4. The number of aromatic nitrogens is 1. The number of nitrogens with zero attached hydrogens (tertiary/aromatic N) is 2. The van der Waals surface area contributed by atoms with E-state index in [1.54, 1.807) is 0 Å². The Morgan fingerprint density at radius 1 is 1.11 bits per heavy atom. The Hall–Kier alpha value is -3.08. The number of amides is 2. The van der Waals surface area contributed by atoms with Gasteiger partial charge in [0.15, 0.2) is 0 Å². The minimum absolute atomic E-state index is 0.0723. The standard InChI is InChI=1S/C23H25N3O2/c1-16-14-25(2)21-10-9-19(12-20(16)21)23(28)24-13-17-5-7-18(8-6-17)15-26-11-3-4-22(26)27/h5-10,12,14H,3-4,11,13,15H2,1-2H3,(H,24,28). The van der Waals surface area contributed by atoms with Gasteiger partial charge in [-0.15, -0.1) is 0 Å². The summed E-state index contributed by atoms with van der Waals surface area (Å²) in [5.74, 6) is 0.166. The molecular formula is C23H25N3O2. The molecule has 1 aromatic heterocycles. The van der Waals surface area contributed by atoms with Gasteiger partial charge in [0.05, 0.1) is 0 Å². The number of nitrogens with one attached hydrogen (secondary N) is 1. The summed E-state index contributed by atoms with van der Waals surface area (Å²) in [4.78, 5) is 26.2. The monoisotopic (exact) mass is 375 g/mol. The zero-order chi connectivity index (χ0) is 19.7. The van der Waals surface area contributed by atoms with Crippen LogP contribution in [0.2, 0.25) is 0 Å². The molecule has 0 bridgehead atoms. The van der Waals surface area contributed by atoms with Crippen molar-refractivity contribution in [2.24, 2.45) is 7.05 Å². The lowest BCUT2D eigenvalue weighted by atomic mass is 10.1. The van der Waals surface area contributed by atoms with Crippen LogP contribution in [0.4, 0.5) is 0 Å². The van der Waals surface area contributed by atoms with Gasteiger partial charge in [0.25, 0.3) is 5.91 Å². The van der Waals surface area contributed by atoms with Gasteiger partial charge in [0.2, 0.25) is 5.91 Å². The van der Waals surface area contributed by atoms with E-state index < -0.39 is 0 Å². The second-order valence-electron chi connectivity index (χ2n) is 7.57. The first-order valence-electron chi connectivity index (χ1n) is 9.71. The second-order valence-corrected chi connectivity index (χ2v) is 7.57. The molecule has 2 heterocycles. The van der Waals surface area contributed by atoms with E-state index >= 15 is 0 Å². The van der Waals surface area contributed by atoms with Crippen LogP contribution in [0.5, 0.6) is 0 Å². The van der Waals surface area contributed by atoms with E-state index in [2.05, 4.69) is 23.0 Å². The highest BCUT2D eigenvalue weighted by Gasteiger charge is 2.19. The van der Waals surface area contributed by atoms with E-state index in [1.807, 2.05) is 54.4 Å². The van der Waals surface area contributed by atoms with Gasteiger partial charge in [0.1, 0.15) is 0 Å². The van der Waals surface area contributed by atoms with E-state index in [-0.39, 0.29) is 11.8 Å². The molecule has 0 saturated carbocycles. The molecular weight excluding hydrogens is 350 g/mol. The van der Waals surface area contributed by atoms with Crippen LogP contribution in [0.25, 0.3) is 10.9 Å². The molecule has 1 aliphatic heterocycles. The molecule has 0 aliphatic carbocycles. The van der Waals surface area contributed by atoms with Crippen molar-refractivity contribution in [2.45, 2.75) is 32.9 Å². The molecule has 2 aromatic carbocycles. The smallest absolute Gasteiger partial charge is 0.251 e. The minimum atomic E-state index is -0.0723. The fourth-order valence-corrected chi connectivity index (χ4v) is 3.87. The number of hydrogen-bond acceptors (Lipinski definition) is 2. The second kappa shape index (κ2) is 7.50. The van der Waals surface area contributed by atoms with Crippen molar-refractivity contribution in [3.63, 3.8) is 0 Å². The van der Waals surface area contributed by atoms with Crippen LogP contribution in [0.1, 0.15) is 39.9 Å². The number of carbonyl (C=O) groups is 2. The summed E-state index contributed by atoms with van der Waals surface area (Å²) in [6.07, 6.45) is 3.69. The molecule has 5 heteroatoms. The summed E-state index contributed by atoms with van der Waals surface area (Å²) in [5.41, 5.74) is 5.13. The Balaban J connectivity index is 1.38. The molecule has 1 fully saturated rings. The van der Waals surface area contributed by atoms with Crippen molar-refractivity contribution >= 4 is 22.7 Å². The van der Waals surface area contributed by atoms with E-state index in [1.165, 1.54) is 5.56 Å². The summed E-state index contributed by atoms with van der Waals surface area (Å²) >= 11 is 0. The molecule has 1 saturated heterocycles. The summed E-state index contributed by atoms with van der Waals surface area (Å²) in [6.45, 7) is 4.05. The minimum Gasteiger partial charge on any atom is -0.350 e. The lowest BCUT2D eigenvalue weighted by molar-refractivity contribution is -0.128. The molecule has 0 spiro atoms. The van der Waals surface area contributed by atoms with Crippen molar-refractivity contribution < 1.29 is 9.59 Å². The Kier molecular flexibility index (Phi) is 4.90. The van der Waals surface area contributed by atoms with Crippen LogP contribution in [-0.4, -0.2) is 27.8 Å². The molecule has 3 aromatic rings. The molecule has 0 unspecified atom stereocenters. The highest BCUT2D eigenvalue weighted by atomic mass is 16.2. The van der Waals surface area contributed by atoms with Crippen molar-refractivity contribution in [1.82, 2.24) is 14.8 Å². The Labute approximate surface area is 165 Å². The van der Waals surface area contributed by atoms with Crippen LogP contribution in [0.15, 0.2) is 48.7 Å². The zero-order valence-electron chi connectivity index (χ0n) is 16.4. The first kappa shape index (κ1) is 18.3. The average molecular weight is 375 g/mol. The van der Waals surface area contributed by atoms with Crippen molar-refractivity contribution in [3.8, 4) is 0 Å². The fourth-order valence-electron chi connectivity index (χ4n) is 3.87. The number of hydrogen-bond donors (Lipinski definition) is 1. The largest absolute Gasteiger partial charge is 0.350 e. The number of rotatable bonds is 5. The van der Waals surface area contributed by atoms with Gasteiger partial charge in [-0.2, -0.15) is 0 Å². The summed E-state index contributed by atoms with van der Waals surface area (Å²) in [6, 6.07) is 13.9. The topological polar surface area (TPSA) is 54.3 Å². The molecule has 144 valence electrons. The maximum absolute atomic E-state index is 12.6. The van der Waals surface area contributed by atoms with Crippen molar-refractivity contribution in [3.05, 3.63) is 70.9 Å². The Morgan fingerprint density at radius 3 is 2.57 bits per heavy atom. The van der Waals surface area contributed by atoms with Crippen LogP contribution in [0.3, 0.4) is 0 Å². The lowest BCUT2D eigenvalue weighted by Gasteiger charge is -2.15. The van der Waals surface area contributed by atoms with Crippen LogP contribution < -0.4 is 5.32 Å². The number of likely N-dealkylation sites (tertiary alicyclic amines) is 1. The van der Waals surface area contributed by atoms with E-state index in [9.17, 15) is 9.59 Å². The van der Waals surface area contributed by atoms with Gasteiger partial charge < -0.3 is 14.8 Å². The third kappa shape index (κ3) is 3.65. The molecule has 4 rings (SSSR count). The summed E-state index contributed by atoms with van der Waals surface area (Å²) in [5, 5.41) is 4.10. The van der Waals surface area contributed by atoms with Crippen molar-refractivity contribution in [2.75, 3.05) is 6.54 Å². The predicted molar refractivity (Wildman–Crippen MR) is 110 cm³/mol. The summed E-state index contributed by atoms with van der Waals surface area (Å²) in [7, 11) is 2.01. The normalized spacial score (nSPS) is 14.1. The maximum Gasteiger partial charge on any atom is 0.251 e. The van der Waals surface area contributed by atoms with Gasteiger partial charge in [-0.05, 0) is 48.2 Å². The SMILES string of the molecule is Cc1cn(C)c2ccc(C(=O)NCc3ccc(CN4CCCC4=O)cc3)cc12. The quantitative estimate of drug-likeness (QED) is 0.742. The highest BCUT2D eigenvalue weighted by Crippen LogP contribution is 2.21. The van der Waals surface area contributed by atoms with Crippen LogP contribution in [-0.2, 0) is 24.9 Å². The molecule has 2 amide bonds. The van der Waals surface area contributed by atoms with Crippen LogP contribution in [0, 0.1) is 6.92 Å². The summed E-state index contributed by atoms with van der Waals surface area (Å²) < 4.78 is 2.07. The highest BCUT2D eigenvalue weighted by molar-refractivity contribution is 5.98. The van der Waals surface area contributed by atoms with Gasteiger partial charge in [-0.1, -0.05) is 24.3 Å². The number of benzene rings is 2. The van der Waals surface area contributed by atoms with E-state index in [4.69, 9.17) is 0 Å². The number of fused-ring (bicyclic) bond motifs is 1. The third-order valence-electron chi connectivity index (χ3n) is 5.47. The van der Waals surface area contributed by atoms with Crippen LogP contribution >= 0.6 is 0 Å². The molecule has 0 radical (unpaired) electrons. The van der Waals surface area contributed by atoms with Gasteiger partial charge in [0, 0.05) is 55.8 Å². The van der Waals surface area contributed by atoms with Gasteiger partial charge in [-0.3, -0.25) is 9.59 Å². The first-order chi connectivity index (χ1) is 13.5. The van der Waals surface area contributed by atoms with E-state index in [0.29, 0.717) is 25.1 Å². The molecule has 28 heavy (non-hydrogen) atoms. The number of carbonyl (C=O) groups excluding carboxylic acids is 2. The molecule has 0 atom stereocenters. The Morgan fingerprint density at radius 2 is 1.86 bits per heavy atom. The van der Waals surface area contributed by atoms with E-state index in [0.717, 1.165) is 35.0 Å². The third-order valence-corrected chi connectivity index (χ3v) is 5.47. The fraction of sp³-hybridized carbons (Fsp3) is 0.304. The number of aryl methyl sites for hydroxylation is 2. The first-order valence-corrected chi connectivity index (χ1v) is 9.71. The Bertz CT molecular complexity index is 1030. The average Bonchev–Trinajstić information content (AvgIpc) is 3.23. The molecule has 1 aliphatic rings. The van der Waals surface area contributed by atoms with Crippen molar-refractivity contribution in [1.29, 1.82) is 0 Å². The predicted octanol–water partition coefficient (Wildman–Crippen LogP) is 3.54. The molecule has 1 N–H and O–H groups in total. The van der Waals surface area contributed by atoms with Gasteiger partial charge >= 0.3 is 0 Å². The maximum atomic E-state index is 12.6. The molecule has 5 nitrogen and oxygen atoms in total. The lowest BCUT2D eigenvalue weighted by Crippen LogP contribution is -2.24. The van der Waals surface area contributed by atoms with Gasteiger partial charge in [-0.25, -0.2) is 0 Å².